The van der Waals surface area contributed by atoms with Crippen molar-refractivity contribution in [3.8, 4) is 0 Å². The maximum absolute atomic E-state index is 10.1. The van der Waals surface area contributed by atoms with Crippen LogP contribution in [0.4, 0.5) is 0 Å². The molecule has 0 unspecified atom stereocenters. The number of methoxy groups -OCH3 is 1. The van der Waals surface area contributed by atoms with Crippen LogP contribution in [0.25, 0.3) is 0 Å². The maximum Gasteiger partial charge on any atom is 0.186 e. The Morgan fingerprint density at radius 3 is 1.88 bits per heavy atom. The lowest BCUT2D eigenvalue weighted by molar-refractivity contribution is -0.309. The van der Waals surface area contributed by atoms with Crippen LogP contribution < -0.4 is 0 Å². The average Bonchev–Trinajstić information content (AvgIpc) is 2.62. The highest BCUT2D eigenvalue weighted by atomic mass is 16.7. The molecule has 11 heteroatoms. The van der Waals surface area contributed by atoms with E-state index >= 15 is 0 Å². The Balaban J connectivity index is 2.00. The molecule has 0 aliphatic carbocycles. The monoisotopic (exact) mass is 370 g/mol. The number of rotatable bonds is 6. The van der Waals surface area contributed by atoms with Crippen molar-refractivity contribution in [1.29, 1.82) is 0 Å². The lowest BCUT2D eigenvalue weighted by atomic mass is 9.95. The molecule has 2 aliphatic heterocycles. The summed E-state index contributed by atoms with van der Waals surface area (Å²) in [5.74, 6) is 0. The van der Waals surface area contributed by atoms with Crippen LogP contribution in [-0.2, 0) is 18.9 Å². The highest BCUT2D eigenvalue weighted by molar-refractivity contribution is 4.94. The molecule has 2 saturated heterocycles. The second-order valence-electron chi connectivity index (χ2n) is 6.11. The normalized spacial score (nSPS) is 48.5. The second kappa shape index (κ2) is 8.97. The Morgan fingerprint density at radius 2 is 1.32 bits per heavy atom. The van der Waals surface area contributed by atoms with E-state index in [0.717, 1.165) is 0 Å². The predicted octanol–water partition coefficient (Wildman–Crippen LogP) is -4.70. The first kappa shape index (κ1) is 20.9. The van der Waals surface area contributed by atoms with Gasteiger partial charge in [0.1, 0.15) is 54.9 Å². The van der Waals surface area contributed by atoms with E-state index in [1.54, 1.807) is 0 Å². The Bertz CT molecular complexity index is 406. The first-order valence-electron chi connectivity index (χ1n) is 7.93. The second-order valence-corrected chi connectivity index (χ2v) is 6.11. The molecule has 2 heterocycles. The largest absolute Gasteiger partial charge is 0.394 e. The van der Waals surface area contributed by atoms with Gasteiger partial charge in [0.2, 0.25) is 0 Å². The van der Waals surface area contributed by atoms with E-state index in [-0.39, 0.29) is 6.61 Å². The standard InChI is InChI=1S/C14H26O11/c1-22-14-12(21)11(20)13(6(3-16)25-14)23-4-7-9(18)10(19)8(17)5(2-15)24-7/h5-21H,2-4H2,1H3/t5-,6-,7-,8-,9-,10+,11-,12-,13-,14+/m1/s1. The number of hydrogen-bond donors (Lipinski definition) is 7. The van der Waals surface area contributed by atoms with Gasteiger partial charge in [-0.05, 0) is 0 Å². The molecular formula is C14H26O11. The highest BCUT2D eigenvalue weighted by Crippen LogP contribution is 2.26. The van der Waals surface area contributed by atoms with Crippen molar-refractivity contribution in [3.63, 3.8) is 0 Å². The van der Waals surface area contributed by atoms with E-state index in [4.69, 9.17) is 24.1 Å². The average molecular weight is 370 g/mol. The third-order valence-electron chi connectivity index (χ3n) is 4.50. The highest BCUT2D eigenvalue weighted by Gasteiger charge is 2.47. The molecule has 7 N–H and O–H groups in total. The van der Waals surface area contributed by atoms with Gasteiger partial charge in [-0.2, -0.15) is 0 Å². The molecule has 0 aromatic rings. The minimum atomic E-state index is -1.55. The number of hydrogen-bond acceptors (Lipinski definition) is 11. The van der Waals surface area contributed by atoms with Gasteiger partial charge in [0.25, 0.3) is 0 Å². The fourth-order valence-electron chi connectivity index (χ4n) is 2.98. The minimum Gasteiger partial charge on any atom is -0.394 e. The lowest BCUT2D eigenvalue weighted by Gasteiger charge is -2.43. The molecular weight excluding hydrogens is 344 g/mol. The van der Waals surface area contributed by atoms with Gasteiger partial charge < -0.3 is 54.7 Å². The zero-order valence-electron chi connectivity index (χ0n) is 13.7. The van der Waals surface area contributed by atoms with E-state index < -0.39 is 74.4 Å². The van der Waals surface area contributed by atoms with Crippen molar-refractivity contribution < 1.29 is 54.7 Å². The molecule has 0 amide bonds. The van der Waals surface area contributed by atoms with Crippen LogP contribution >= 0.6 is 0 Å². The Labute approximate surface area is 143 Å². The maximum atomic E-state index is 10.1. The van der Waals surface area contributed by atoms with Crippen molar-refractivity contribution in [2.45, 2.75) is 61.2 Å². The van der Waals surface area contributed by atoms with E-state index in [1.807, 2.05) is 0 Å². The number of aliphatic hydroxyl groups is 7. The molecule has 11 nitrogen and oxygen atoms in total. The molecule has 25 heavy (non-hydrogen) atoms. The van der Waals surface area contributed by atoms with Gasteiger partial charge >= 0.3 is 0 Å². The molecule has 0 spiro atoms. The zero-order chi connectivity index (χ0) is 18.7. The molecule has 0 aromatic carbocycles. The molecule has 148 valence electrons. The first-order chi connectivity index (χ1) is 11.8. The van der Waals surface area contributed by atoms with Crippen molar-refractivity contribution >= 4 is 0 Å². The lowest BCUT2D eigenvalue weighted by Crippen LogP contribution is -2.62. The van der Waals surface area contributed by atoms with Gasteiger partial charge in [-0.1, -0.05) is 0 Å². The Kier molecular flexibility index (Phi) is 7.49. The fourth-order valence-corrected chi connectivity index (χ4v) is 2.98. The summed E-state index contributed by atoms with van der Waals surface area (Å²) in [6, 6.07) is 0. The number of ether oxygens (including phenoxy) is 4. The van der Waals surface area contributed by atoms with Crippen LogP contribution in [0.5, 0.6) is 0 Å². The van der Waals surface area contributed by atoms with Gasteiger partial charge in [0.15, 0.2) is 6.29 Å². The number of aliphatic hydroxyl groups excluding tert-OH is 7. The Morgan fingerprint density at radius 1 is 0.720 bits per heavy atom. The summed E-state index contributed by atoms with van der Waals surface area (Å²) in [7, 11) is 1.27. The minimum absolute atomic E-state index is 0.354. The van der Waals surface area contributed by atoms with Crippen LogP contribution in [0.3, 0.4) is 0 Å². The van der Waals surface area contributed by atoms with E-state index in [1.165, 1.54) is 7.11 Å². The van der Waals surface area contributed by atoms with Gasteiger partial charge in [-0.15, -0.1) is 0 Å². The van der Waals surface area contributed by atoms with Gasteiger partial charge in [0, 0.05) is 7.11 Å². The molecule has 2 fully saturated rings. The molecule has 10 atom stereocenters. The molecule has 0 bridgehead atoms. The van der Waals surface area contributed by atoms with Crippen LogP contribution in [0.2, 0.25) is 0 Å². The van der Waals surface area contributed by atoms with Crippen LogP contribution in [0, 0.1) is 0 Å². The predicted molar refractivity (Wildman–Crippen MR) is 78.3 cm³/mol. The first-order valence-corrected chi connectivity index (χ1v) is 7.93. The van der Waals surface area contributed by atoms with Crippen LogP contribution in [0.15, 0.2) is 0 Å². The van der Waals surface area contributed by atoms with E-state index in [9.17, 15) is 30.6 Å². The van der Waals surface area contributed by atoms with Crippen molar-refractivity contribution in [2.75, 3.05) is 26.9 Å². The molecule has 0 saturated carbocycles. The quantitative estimate of drug-likeness (QED) is 0.239. The third-order valence-corrected chi connectivity index (χ3v) is 4.50. The van der Waals surface area contributed by atoms with Crippen molar-refractivity contribution in [1.82, 2.24) is 0 Å². The van der Waals surface area contributed by atoms with Gasteiger partial charge in [-0.25, -0.2) is 0 Å². The SMILES string of the molecule is CO[C@H]1O[C@H](CO)[C@@H](OC[C@H]2O[C@H](CO)[C@@H](O)[C@H](O)[C@@H]2O)[C@H](O)[C@H]1O. The summed E-state index contributed by atoms with van der Waals surface area (Å²) in [6.45, 7) is -1.46. The topological polar surface area (TPSA) is 179 Å². The van der Waals surface area contributed by atoms with E-state index in [2.05, 4.69) is 0 Å². The third kappa shape index (κ3) is 4.28. The van der Waals surface area contributed by atoms with Crippen LogP contribution in [-0.4, -0.2) is 124 Å². The summed E-state index contributed by atoms with van der Waals surface area (Å²) in [5, 5.41) is 68.0. The van der Waals surface area contributed by atoms with E-state index in [0.29, 0.717) is 0 Å². The molecule has 2 rings (SSSR count). The molecule has 0 radical (unpaired) electrons. The summed E-state index contributed by atoms with van der Waals surface area (Å²) in [6.07, 6.45) is -12.9. The fraction of sp³-hybridized carbons (Fsp3) is 1.00. The molecule has 0 aromatic heterocycles. The summed E-state index contributed by atoms with van der Waals surface area (Å²) in [4.78, 5) is 0. The summed E-state index contributed by atoms with van der Waals surface area (Å²) >= 11 is 0. The smallest absolute Gasteiger partial charge is 0.186 e. The zero-order valence-corrected chi connectivity index (χ0v) is 13.7. The van der Waals surface area contributed by atoms with Crippen molar-refractivity contribution in [2.24, 2.45) is 0 Å². The van der Waals surface area contributed by atoms with Gasteiger partial charge in [0.05, 0.1) is 19.8 Å². The van der Waals surface area contributed by atoms with Gasteiger partial charge in [-0.3, -0.25) is 0 Å². The summed E-state index contributed by atoms with van der Waals surface area (Å²) < 4.78 is 20.9. The molecule has 2 aliphatic rings. The van der Waals surface area contributed by atoms with Crippen LogP contribution in [0.1, 0.15) is 0 Å². The summed E-state index contributed by atoms with van der Waals surface area (Å²) in [5.41, 5.74) is 0. The van der Waals surface area contributed by atoms with Crippen molar-refractivity contribution in [3.05, 3.63) is 0 Å². The Hall–Kier alpha value is -0.440.